The molecule has 2 aromatic carbocycles. The summed E-state index contributed by atoms with van der Waals surface area (Å²) in [4.78, 5) is 23.6. The summed E-state index contributed by atoms with van der Waals surface area (Å²) in [5.41, 5.74) is 5.40. The second kappa shape index (κ2) is 8.43. The van der Waals surface area contributed by atoms with Crippen LogP contribution in [-0.2, 0) is 9.59 Å². The Bertz CT molecular complexity index is 780. The van der Waals surface area contributed by atoms with Crippen LogP contribution < -0.4 is 10.7 Å². The summed E-state index contributed by atoms with van der Waals surface area (Å²) in [5.74, 6) is -1.58. The molecule has 0 bridgehead atoms. The molecule has 5 nitrogen and oxygen atoms in total. The van der Waals surface area contributed by atoms with Gasteiger partial charge in [0, 0.05) is 5.69 Å². The maximum absolute atomic E-state index is 11.8. The molecular formula is C19H19N3O2. The van der Waals surface area contributed by atoms with Crippen molar-refractivity contribution in [2.75, 3.05) is 5.32 Å². The van der Waals surface area contributed by atoms with Crippen LogP contribution in [0.2, 0.25) is 0 Å². The Balaban J connectivity index is 1.89. The van der Waals surface area contributed by atoms with Gasteiger partial charge in [0.25, 0.3) is 0 Å². The van der Waals surface area contributed by atoms with E-state index in [0.29, 0.717) is 11.4 Å². The summed E-state index contributed by atoms with van der Waals surface area (Å²) in [5, 5.41) is 6.41. The Kier molecular flexibility index (Phi) is 6.02. The highest BCUT2D eigenvalue weighted by molar-refractivity contribution is 6.39. The number of hydrogen-bond acceptors (Lipinski definition) is 3. The van der Waals surface area contributed by atoms with Gasteiger partial charge in [-0.25, -0.2) is 5.43 Å². The van der Waals surface area contributed by atoms with Gasteiger partial charge in [-0.15, -0.1) is 0 Å². The van der Waals surface area contributed by atoms with Crippen molar-refractivity contribution in [1.82, 2.24) is 5.43 Å². The first-order valence-electron chi connectivity index (χ1n) is 7.50. The zero-order valence-corrected chi connectivity index (χ0v) is 13.6. The quantitative estimate of drug-likeness (QED) is 0.516. The van der Waals surface area contributed by atoms with Gasteiger partial charge >= 0.3 is 11.8 Å². The normalized spacial score (nSPS) is 11.3. The van der Waals surface area contributed by atoms with Gasteiger partial charge in [0.1, 0.15) is 0 Å². The third-order valence-corrected chi connectivity index (χ3v) is 3.13. The molecule has 0 aliphatic carbocycles. The van der Waals surface area contributed by atoms with Gasteiger partial charge in [0.05, 0.1) is 5.71 Å². The van der Waals surface area contributed by atoms with Crippen LogP contribution in [0.3, 0.4) is 0 Å². The van der Waals surface area contributed by atoms with Gasteiger partial charge in [-0.2, -0.15) is 5.10 Å². The molecule has 5 heteroatoms. The number of carbonyl (C=O) groups excluding carboxylic acids is 2. The third-order valence-electron chi connectivity index (χ3n) is 3.13. The summed E-state index contributed by atoms with van der Waals surface area (Å²) in [6.45, 7) is 3.64. The maximum Gasteiger partial charge on any atom is 0.329 e. The van der Waals surface area contributed by atoms with Crippen molar-refractivity contribution in [3.63, 3.8) is 0 Å². The Morgan fingerprint density at radius 2 is 1.75 bits per heavy atom. The van der Waals surface area contributed by atoms with Gasteiger partial charge < -0.3 is 5.32 Å². The van der Waals surface area contributed by atoms with Crippen molar-refractivity contribution in [2.24, 2.45) is 5.10 Å². The monoisotopic (exact) mass is 321 g/mol. The van der Waals surface area contributed by atoms with E-state index in [1.807, 2.05) is 49.4 Å². The number of rotatable bonds is 4. The zero-order valence-electron chi connectivity index (χ0n) is 13.6. The minimum Gasteiger partial charge on any atom is -0.318 e. The number of anilines is 1. The first-order valence-corrected chi connectivity index (χ1v) is 7.50. The largest absolute Gasteiger partial charge is 0.329 e. The predicted molar refractivity (Wildman–Crippen MR) is 96.5 cm³/mol. The Hall–Kier alpha value is -3.21. The molecular weight excluding hydrogens is 302 g/mol. The van der Waals surface area contributed by atoms with E-state index >= 15 is 0 Å². The van der Waals surface area contributed by atoms with Crippen molar-refractivity contribution in [2.45, 2.75) is 13.8 Å². The molecule has 0 heterocycles. The highest BCUT2D eigenvalue weighted by Gasteiger charge is 2.12. The van der Waals surface area contributed by atoms with Crippen LogP contribution in [0.5, 0.6) is 0 Å². The van der Waals surface area contributed by atoms with Gasteiger partial charge in [-0.1, -0.05) is 48.5 Å². The number of allylic oxidation sites excluding steroid dienone is 1. The van der Waals surface area contributed by atoms with Crippen LogP contribution in [0, 0.1) is 6.92 Å². The minimum atomic E-state index is -0.816. The molecule has 0 aliphatic rings. The first kappa shape index (κ1) is 17.1. The molecule has 0 aliphatic heterocycles. The number of nitrogens with one attached hydrogen (secondary N) is 2. The molecule has 0 spiro atoms. The number of hydrazone groups is 1. The average molecular weight is 321 g/mol. The highest BCUT2D eigenvalue weighted by Crippen LogP contribution is 2.09. The lowest BCUT2D eigenvalue weighted by molar-refractivity contribution is -0.136. The molecule has 122 valence electrons. The van der Waals surface area contributed by atoms with Crippen molar-refractivity contribution in [3.05, 3.63) is 71.8 Å². The first-order chi connectivity index (χ1) is 11.5. The fraction of sp³-hybridized carbons (Fsp3) is 0.105. The molecule has 2 N–H and O–H groups in total. The van der Waals surface area contributed by atoms with E-state index in [1.54, 1.807) is 31.2 Å². The van der Waals surface area contributed by atoms with E-state index in [-0.39, 0.29) is 0 Å². The lowest BCUT2D eigenvalue weighted by atomic mass is 10.2. The van der Waals surface area contributed by atoms with Crippen molar-refractivity contribution in [3.8, 4) is 0 Å². The molecule has 2 aromatic rings. The third kappa shape index (κ3) is 5.53. The van der Waals surface area contributed by atoms with Gasteiger partial charge in [-0.3, -0.25) is 9.59 Å². The fourth-order valence-electron chi connectivity index (χ4n) is 1.92. The van der Waals surface area contributed by atoms with E-state index in [2.05, 4.69) is 15.8 Å². The molecule has 0 fully saturated rings. The van der Waals surface area contributed by atoms with E-state index in [9.17, 15) is 9.59 Å². The zero-order chi connectivity index (χ0) is 17.4. The Morgan fingerprint density at radius 1 is 1.00 bits per heavy atom. The van der Waals surface area contributed by atoms with Crippen LogP contribution in [0.4, 0.5) is 5.69 Å². The van der Waals surface area contributed by atoms with Crippen molar-refractivity contribution in [1.29, 1.82) is 0 Å². The highest BCUT2D eigenvalue weighted by atomic mass is 16.2. The molecule has 0 saturated heterocycles. The molecule has 0 unspecified atom stereocenters. The van der Waals surface area contributed by atoms with Crippen molar-refractivity contribution >= 4 is 29.3 Å². The number of amides is 2. The topological polar surface area (TPSA) is 70.6 Å². The fourth-order valence-corrected chi connectivity index (χ4v) is 1.92. The van der Waals surface area contributed by atoms with Crippen LogP contribution in [0.15, 0.2) is 65.8 Å². The Morgan fingerprint density at radius 3 is 2.46 bits per heavy atom. The molecule has 0 atom stereocenters. The minimum absolute atomic E-state index is 0.569. The molecule has 24 heavy (non-hydrogen) atoms. The van der Waals surface area contributed by atoms with E-state index in [0.717, 1.165) is 11.1 Å². The second-order valence-corrected chi connectivity index (χ2v) is 5.26. The number of carbonyl (C=O) groups is 2. The maximum atomic E-state index is 11.8. The van der Waals surface area contributed by atoms with E-state index in [4.69, 9.17) is 0 Å². The number of benzene rings is 2. The molecule has 0 aromatic heterocycles. The van der Waals surface area contributed by atoms with Gasteiger partial charge in [0.15, 0.2) is 0 Å². The molecule has 0 saturated carbocycles. The van der Waals surface area contributed by atoms with Crippen LogP contribution in [0.1, 0.15) is 18.1 Å². The van der Waals surface area contributed by atoms with Gasteiger partial charge in [0.2, 0.25) is 0 Å². The smallest absolute Gasteiger partial charge is 0.318 e. The molecule has 0 radical (unpaired) electrons. The predicted octanol–water partition coefficient (Wildman–Crippen LogP) is 3.14. The van der Waals surface area contributed by atoms with Crippen LogP contribution in [-0.4, -0.2) is 17.5 Å². The van der Waals surface area contributed by atoms with Gasteiger partial charge in [-0.05, 0) is 43.2 Å². The Labute approximate surface area is 141 Å². The summed E-state index contributed by atoms with van der Waals surface area (Å²) < 4.78 is 0. The lowest BCUT2D eigenvalue weighted by Crippen LogP contribution is -2.32. The summed E-state index contributed by atoms with van der Waals surface area (Å²) in [6.07, 6.45) is 3.63. The average Bonchev–Trinajstić information content (AvgIpc) is 2.58. The molecule has 2 amide bonds. The molecule has 2 rings (SSSR count). The summed E-state index contributed by atoms with van der Waals surface area (Å²) in [6, 6.07) is 16.9. The summed E-state index contributed by atoms with van der Waals surface area (Å²) >= 11 is 0. The van der Waals surface area contributed by atoms with Crippen LogP contribution >= 0.6 is 0 Å². The number of hydrogen-bond donors (Lipinski definition) is 2. The number of nitrogens with zero attached hydrogens (tertiary/aromatic N) is 1. The SMILES string of the molecule is CC(/C=C/c1ccccc1)=N\NC(=O)C(=O)Nc1cccc(C)c1. The van der Waals surface area contributed by atoms with Crippen molar-refractivity contribution < 1.29 is 9.59 Å². The van der Waals surface area contributed by atoms with Crippen LogP contribution in [0.25, 0.3) is 6.08 Å². The van der Waals surface area contributed by atoms with E-state index in [1.165, 1.54) is 0 Å². The number of aryl methyl sites for hydroxylation is 1. The second-order valence-electron chi connectivity index (χ2n) is 5.26. The lowest BCUT2D eigenvalue weighted by Gasteiger charge is -2.04. The van der Waals surface area contributed by atoms with E-state index < -0.39 is 11.8 Å². The standard InChI is InChI=1S/C19H19N3O2/c1-14-7-6-10-17(13-14)20-18(23)19(24)22-21-15(2)11-12-16-8-4-3-5-9-16/h3-13H,1-2H3,(H,20,23)(H,22,24)/b12-11+,21-15+. The summed E-state index contributed by atoms with van der Waals surface area (Å²) in [7, 11) is 0.